The molecule has 1 N–H and O–H groups in total. The van der Waals surface area contributed by atoms with Crippen LogP contribution in [-0.2, 0) is 9.59 Å². The van der Waals surface area contributed by atoms with E-state index in [1.807, 2.05) is 11.8 Å². The van der Waals surface area contributed by atoms with Gasteiger partial charge in [0.25, 0.3) is 0 Å². The molecule has 0 aromatic heterocycles. The third-order valence-electron chi connectivity index (χ3n) is 5.14. The number of amides is 2. The fraction of sp³-hybridized carbons (Fsp3) is 0.882. The van der Waals surface area contributed by atoms with E-state index in [0.29, 0.717) is 24.2 Å². The molecule has 1 aliphatic heterocycles. The highest BCUT2D eigenvalue weighted by Gasteiger charge is 2.41. The largest absolute Gasteiger partial charge is 0.342 e. The van der Waals surface area contributed by atoms with Gasteiger partial charge in [-0.1, -0.05) is 40.5 Å². The minimum atomic E-state index is -0.322. The molecule has 4 nitrogen and oxygen atoms in total. The van der Waals surface area contributed by atoms with Crippen molar-refractivity contribution >= 4 is 11.8 Å². The quantitative estimate of drug-likeness (QED) is 0.847. The predicted octanol–water partition coefficient (Wildman–Crippen LogP) is 2.57. The number of nitrogens with zero attached hydrogens (tertiary/aromatic N) is 1. The summed E-state index contributed by atoms with van der Waals surface area (Å²) in [5, 5.41) is 2.93. The van der Waals surface area contributed by atoms with E-state index in [9.17, 15) is 9.59 Å². The number of hydrogen-bond donors (Lipinski definition) is 1. The van der Waals surface area contributed by atoms with Gasteiger partial charge in [0.15, 0.2) is 0 Å². The Morgan fingerprint density at radius 3 is 2.52 bits per heavy atom. The van der Waals surface area contributed by atoms with Crippen LogP contribution in [0.3, 0.4) is 0 Å². The van der Waals surface area contributed by atoms with Crippen LogP contribution < -0.4 is 5.32 Å². The van der Waals surface area contributed by atoms with Crippen molar-refractivity contribution in [1.29, 1.82) is 0 Å². The summed E-state index contributed by atoms with van der Waals surface area (Å²) >= 11 is 0. The Hall–Kier alpha value is -1.06. The van der Waals surface area contributed by atoms with Crippen molar-refractivity contribution < 1.29 is 9.59 Å². The maximum Gasteiger partial charge on any atom is 0.245 e. The molecule has 120 valence electrons. The zero-order valence-corrected chi connectivity index (χ0v) is 13.9. The fourth-order valence-corrected chi connectivity index (χ4v) is 3.83. The fourth-order valence-electron chi connectivity index (χ4n) is 3.83. The molecule has 4 unspecified atom stereocenters. The Bertz CT molecular complexity index is 394. The highest BCUT2D eigenvalue weighted by Crippen LogP contribution is 2.33. The third-order valence-corrected chi connectivity index (χ3v) is 5.14. The van der Waals surface area contributed by atoms with Gasteiger partial charge in [0.1, 0.15) is 12.1 Å². The summed E-state index contributed by atoms with van der Waals surface area (Å²) in [5.74, 6) is 1.81. The van der Waals surface area contributed by atoms with Gasteiger partial charge in [0.2, 0.25) is 11.8 Å². The monoisotopic (exact) mass is 294 g/mol. The second-order valence-corrected chi connectivity index (χ2v) is 7.27. The van der Waals surface area contributed by atoms with Crippen LogP contribution in [0.5, 0.6) is 0 Å². The van der Waals surface area contributed by atoms with Gasteiger partial charge in [0, 0.05) is 6.54 Å². The van der Waals surface area contributed by atoms with Crippen LogP contribution >= 0.6 is 0 Å². The van der Waals surface area contributed by atoms with Crippen LogP contribution in [0.4, 0.5) is 0 Å². The van der Waals surface area contributed by atoms with E-state index in [0.717, 1.165) is 13.0 Å². The Morgan fingerprint density at radius 1 is 1.29 bits per heavy atom. The molecular weight excluding hydrogens is 264 g/mol. The number of piperazine rings is 1. The van der Waals surface area contributed by atoms with Gasteiger partial charge in [-0.25, -0.2) is 0 Å². The first-order chi connectivity index (χ1) is 9.93. The first-order valence-electron chi connectivity index (χ1n) is 8.54. The van der Waals surface area contributed by atoms with E-state index >= 15 is 0 Å². The molecule has 2 fully saturated rings. The average molecular weight is 294 g/mol. The lowest BCUT2D eigenvalue weighted by Gasteiger charge is -2.41. The summed E-state index contributed by atoms with van der Waals surface area (Å²) in [6, 6.07) is -0.592. The second kappa shape index (κ2) is 6.80. The van der Waals surface area contributed by atoms with Crippen LogP contribution in [0, 0.1) is 17.8 Å². The predicted molar refractivity (Wildman–Crippen MR) is 83.7 cm³/mol. The molecule has 0 spiro atoms. The van der Waals surface area contributed by atoms with Crippen molar-refractivity contribution in [1.82, 2.24) is 10.2 Å². The molecule has 0 radical (unpaired) electrons. The smallest absolute Gasteiger partial charge is 0.245 e. The van der Waals surface area contributed by atoms with Gasteiger partial charge < -0.3 is 10.2 Å². The van der Waals surface area contributed by atoms with Crippen molar-refractivity contribution in [3.63, 3.8) is 0 Å². The standard InChI is InChI=1S/C17H30N2O2/c1-5-15-16(20)18-14(9-11(2)3)17(21)19(15)10-13-8-6-7-12(13)4/h11-15H,5-10H2,1-4H3,(H,18,20). The van der Waals surface area contributed by atoms with Crippen molar-refractivity contribution in [3.8, 4) is 0 Å². The molecule has 2 amide bonds. The summed E-state index contributed by atoms with van der Waals surface area (Å²) in [6.45, 7) is 9.22. The van der Waals surface area contributed by atoms with E-state index in [-0.39, 0.29) is 23.9 Å². The van der Waals surface area contributed by atoms with Crippen molar-refractivity contribution in [3.05, 3.63) is 0 Å². The second-order valence-electron chi connectivity index (χ2n) is 7.27. The SMILES string of the molecule is CCC1C(=O)NC(CC(C)C)C(=O)N1CC1CCCC1C. The minimum absolute atomic E-state index is 0.0356. The number of carbonyl (C=O) groups is 2. The van der Waals surface area contributed by atoms with E-state index < -0.39 is 0 Å². The molecule has 4 atom stereocenters. The van der Waals surface area contributed by atoms with Gasteiger partial charge in [-0.05, 0) is 37.0 Å². The molecule has 1 saturated carbocycles. The summed E-state index contributed by atoms with van der Waals surface area (Å²) in [4.78, 5) is 27.0. The Balaban J connectivity index is 2.12. The van der Waals surface area contributed by atoms with E-state index in [1.165, 1.54) is 19.3 Å². The lowest BCUT2D eigenvalue weighted by atomic mass is 9.93. The van der Waals surface area contributed by atoms with Crippen LogP contribution in [0.2, 0.25) is 0 Å². The lowest BCUT2D eigenvalue weighted by Crippen LogP contribution is -2.64. The highest BCUT2D eigenvalue weighted by molar-refractivity contribution is 5.96. The topological polar surface area (TPSA) is 49.4 Å². The molecule has 0 aromatic rings. The molecule has 1 heterocycles. The maximum absolute atomic E-state index is 12.8. The van der Waals surface area contributed by atoms with Crippen LogP contribution in [0.1, 0.15) is 59.8 Å². The first-order valence-corrected chi connectivity index (χ1v) is 8.54. The average Bonchev–Trinajstić information content (AvgIpc) is 2.80. The molecule has 0 aromatic carbocycles. The molecule has 0 bridgehead atoms. The normalized spacial score (nSPS) is 33.7. The summed E-state index contributed by atoms with van der Waals surface area (Å²) in [7, 11) is 0. The van der Waals surface area contributed by atoms with Gasteiger partial charge in [0.05, 0.1) is 0 Å². The number of carbonyl (C=O) groups excluding carboxylic acids is 2. The molecule has 21 heavy (non-hydrogen) atoms. The Labute approximate surface area is 128 Å². The minimum Gasteiger partial charge on any atom is -0.342 e. The number of hydrogen-bond acceptors (Lipinski definition) is 2. The lowest BCUT2D eigenvalue weighted by molar-refractivity contribution is -0.150. The van der Waals surface area contributed by atoms with Crippen molar-refractivity contribution in [2.45, 2.75) is 71.9 Å². The zero-order valence-electron chi connectivity index (χ0n) is 13.9. The molecular formula is C17H30N2O2. The summed E-state index contributed by atoms with van der Waals surface area (Å²) < 4.78 is 0. The Morgan fingerprint density at radius 2 is 2.00 bits per heavy atom. The van der Waals surface area contributed by atoms with E-state index in [4.69, 9.17) is 0 Å². The van der Waals surface area contributed by atoms with Gasteiger partial charge in [-0.15, -0.1) is 0 Å². The van der Waals surface area contributed by atoms with Crippen molar-refractivity contribution in [2.24, 2.45) is 17.8 Å². The van der Waals surface area contributed by atoms with Crippen molar-refractivity contribution in [2.75, 3.05) is 6.54 Å². The van der Waals surface area contributed by atoms with Gasteiger partial charge in [-0.2, -0.15) is 0 Å². The molecule has 1 saturated heterocycles. The number of nitrogens with one attached hydrogen (secondary N) is 1. The van der Waals surface area contributed by atoms with E-state index in [2.05, 4.69) is 26.1 Å². The van der Waals surface area contributed by atoms with Crippen LogP contribution in [-0.4, -0.2) is 35.3 Å². The summed E-state index contributed by atoms with van der Waals surface area (Å²) in [6.07, 6.45) is 5.14. The highest BCUT2D eigenvalue weighted by atomic mass is 16.2. The maximum atomic E-state index is 12.8. The van der Waals surface area contributed by atoms with E-state index in [1.54, 1.807) is 0 Å². The first kappa shape index (κ1) is 16.3. The molecule has 2 aliphatic rings. The third kappa shape index (κ3) is 3.58. The van der Waals surface area contributed by atoms with Crippen LogP contribution in [0.25, 0.3) is 0 Å². The molecule has 2 rings (SSSR count). The number of rotatable bonds is 5. The van der Waals surface area contributed by atoms with Crippen LogP contribution in [0.15, 0.2) is 0 Å². The Kier molecular flexibility index (Phi) is 5.28. The van der Waals surface area contributed by atoms with Gasteiger partial charge >= 0.3 is 0 Å². The zero-order chi connectivity index (χ0) is 15.6. The molecule has 4 heteroatoms. The summed E-state index contributed by atoms with van der Waals surface area (Å²) in [5.41, 5.74) is 0. The van der Waals surface area contributed by atoms with Gasteiger partial charge in [-0.3, -0.25) is 9.59 Å². The molecule has 1 aliphatic carbocycles.